The Bertz CT molecular complexity index is 935. The molecule has 0 aliphatic heterocycles. The smallest absolute Gasteiger partial charge is 0.335 e. The van der Waals surface area contributed by atoms with Crippen molar-refractivity contribution in [3.8, 4) is 11.1 Å². The lowest BCUT2D eigenvalue weighted by Crippen LogP contribution is -2.30. The molecule has 3 aromatic carbocycles. The highest BCUT2D eigenvalue weighted by atomic mass is 16.7. The average Bonchev–Trinajstić information content (AvgIpc) is 2.74. The van der Waals surface area contributed by atoms with Crippen LogP contribution in [0.25, 0.3) is 11.1 Å². The molecule has 0 bridgehead atoms. The summed E-state index contributed by atoms with van der Waals surface area (Å²) in [4.78, 5) is 29.3. The minimum atomic E-state index is -0.996. The van der Waals surface area contributed by atoms with E-state index in [0.29, 0.717) is 17.9 Å². The molecular weight excluding hydrogens is 354 g/mol. The summed E-state index contributed by atoms with van der Waals surface area (Å²) < 4.78 is 0. The molecule has 0 amide bonds. The molecule has 0 aliphatic carbocycles. The Morgan fingerprint density at radius 3 is 1.96 bits per heavy atom. The fourth-order valence-corrected chi connectivity index (χ4v) is 2.84. The third-order valence-corrected chi connectivity index (χ3v) is 4.29. The third kappa shape index (κ3) is 4.64. The lowest BCUT2D eigenvalue weighted by molar-refractivity contribution is 0.0695. The molecule has 0 unspecified atom stereocenters. The normalized spacial score (nSPS) is 10.5. The van der Waals surface area contributed by atoms with Crippen LogP contribution in [0.1, 0.15) is 27.6 Å². The fourth-order valence-electron chi connectivity index (χ4n) is 2.84. The second-order valence-electron chi connectivity index (χ2n) is 6.17. The summed E-state index contributed by atoms with van der Waals surface area (Å²) in [6, 6.07) is 23.7. The predicted octanol–water partition coefficient (Wildman–Crippen LogP) is 4.69. The minimum Gasteiger partial charge on any atom is -0.478 e. The van der Waals surface area contributed by atoms with E-state index in [4.69, 9.17) is 9.94 Å². The van der Waals surface area contributed by atoms with Gasteiger partial charge >= 0.3 is 5.97 Å². The zero-order valence-corrected chi connectivity index (χ0v) is 15.5. The van der Waals surface area contributed by atoms with Crippen LogP contribution in [-0.4, -0.2) is 30.0 Å². The molecule has 5 heteroatoms. The molecule has 0 saturated carbocycles. The molecule has 0 aromatic heterocycles. The predicted molar refractivity (Wildman–Crippen MR) is 109 cm³/mol. The number of Topliss-reactive ketones (excluding diaryl/α,β-unsaturated/α-hetero) is 1. The van der Waals surface area contributed by atoms with Gasteiger partial charge in [0.25, 0.3) is 0 Å². The Labute approximate surface area is 163 Å². The molecule has 5 nitrogen and oxygen atoms in total. The third-order valence-electron chi connectivity index (χ3n) is 4.29. The standard InChI is InChI=1S/C23H21NO4/c1-2-28-24(21-14-12-20(13-15-21)23(26)27)16-22(25)19-10-8-18(9-11-19)17-6-4-3-5-7-17/h3-15H,2,16H2,1H3,(H,26,27). The number of carboxylic acid groups (broad SMARTS) is 1. The summed E-state index contributed by atoms with van der Waals surface area (Å²) in [6.45, 7) is 2.25. The molecule has 1 N–H and O–H groups in total. The monoisotopic (exact) mass is 375 g/mol. The van der Waals surface area contributed by atoms with Gasteiger partial charge in [-0.1, -0.05) is 54.6 Å². The van der Waals surface area contributed by atoms with Crippen LogP contribution in [0.5, 0.6) is 0 Å². The Morgan fingerprint density at radius 2 is 1.39 bits per heavy atom. The van der Waals surface area contributed by atoms with Gasteiger partial charge < -0.3 is 5.11 Å². The maximum Gasteiger partial charge on any atom is 0.335 e. The van der Waals surface area contributed by atoms with Crippen molar-refractivity contribution in [2.24, 2.45) is 0 Å². The fraction of sp³-hybridized carbons (Fsp3) is 0.130. The van der Waals surface area contributed by atoms with Gasteiger partial charge in [-0.05, 0) is 42.3 Å². The van der Waals surface area contributed by atoms with Gasteiger partial charge in [-0.2, -0.15) is 0 Å². The summed E-state index contributed by atoms with van der Waals surface area (Å²) >= 11 is 0. The highest BCUT2D eigenvalue weighted by Gasteiger charge is 2.15. The van der Waals surface area contributed by atoms with Crippen LogP contribution in [0.4, 0.5) is 5.69 Å². The van der Waals surface area contributed by atoms with E-state index < -0.39 is 5.97 Å². The van der Waals surface area contributed by atoms with Gasteiger partial charge in [0.2, 0.25) is 0 Å². The van der Waals surface area contributed by atoms with E-state index in [2.05, 4.69) is 0 Å². The van der Waals surface area contributed by atoms with Crippen LogP contribution in [0.3, 0.4) is 0 Å². The molecule has 0 heterocycles. The Hall–Kier alpha value is -3.44. The van der Waals surface area contributed by atoms with Crippen molar-refractivity contribution < 1.29 is 19.5 Å². The van der Waals surface area contributed by atoms with Crippen LogP contribution in [0.2, 0.25) is 0 Å². The number of anilines is 1. The van der Waals surface area contributed by atoms with E-state index in [0.717, 1.165) is 11.1 Å². The number of hydroxylamine groups is 1. The number of nitrogens with zero attached hydrogens (tertiary/aromatic N) is 1. The Kier molecular flexibility index (Phi) is 6.19. The zero-order chi connectivity index (χ0) is 19.9. The van der Waals surface area contributed by atoms with Crippen molar-refractivity contribution >= 4 is 17.4 Å². The molecule has 0 fully saturated rings. The van der Waals surface area contributed by atoms with Gasteiger partial charge in [0, 0.05) is 5.56 Å². The molecular formula is C23H21NO4. The molecule has 0 spiro atoms. The Morgan fingerprint density at radius 1 is 0.821 bits per heavy atom. The van der Waals surface area contributed by atoms with E-state index in [9.17, 15) is 9.59 Å². The van der Waals surface area contributed by atoms with Gasteiger partial charge in [0.05, 0.1) is 17.9 Å². The minimum absolute atomic E-state index is 0.0327. The number of hydrogen-bond acceptors (Lipinski definition) is 4. The molecule has 28 heavy (non-hydrogen) atoms. The highest BCUT2D eigenvalue weighted by molar-refractivity contribution is 5.99. The Balaban J connectivity index is 1.74. The maximum absolute atomic E-state index is 12.7. The summed E-state index contributed by atoms with van der Waals surface area (Å²) in [5.41, 5.74) is 3.54. The van der Waals surface area contributed by atoms with Crippen molar-refractivity contribution in [1.82, 2.24) is 0 Å². The number of carbonyl (C=O) groups excluding carboxylic acids is 1. The maximum atomic E-state index is 12.7. The number of ketones is 1. The number of aromatic carboxylic acids is 1. The highest BCUT2D eigenvalue weighted by Crippen LogP contribution is 2.21. The number of benzene rings is 3. The van der Waals surface area contributed by atoms with Crippen LogP contribution >= 0.6 is 0 Å². The summed E-state index contributed by atoms with van der Waals surface area (Å²) in [6.07, 6.45) is 0. The largest absolute Gasteiger partial charge is 0.478 e. The van der Waals surface area contributed by atoms with Gasteiger partial charge in [-0.25, -0.2) is 9.86 Å². The van der Waals surface area contributed by atoms with Crippen LogP contribution in [0.15, 0.2) is 78.9 Å². The number of carboxylic acids is 1. The molecule has 0 atom stereocenters. The van der Waals surface area contributed by atoms with E-state index in [1.54, 1.807) is 12.1 Å². The second kappa shape index (κ2) is 8.97. The van der Waals surface area contributed by atoms with Gasteiger partial charge in [-0.3, -0.25) is 9.63 Å². The second-order valence-corrected chi connectivity index (χ2v) is 6.17. The van der Waals surface area contributed by atoms with Gasteiger partial charge in [-0.15, -0.1) is 0 Å². The summed E-state index contributed by atoms with van der Waals surface area (Å²) in [7, 11) is 0. The van der Waals surface area contributed by atoms with Crippen LogP contribution < -0.4 is 5.06 Å². The van der Waals surface area contributed by atoms with Crippen molar-refractivity contribution in [3.63, 3.8) is 0 Å². The zero-order valence-electron chi connectivity index (χ0n) is 15.5. The van der Waals surface area contributed by atoms with Gasteiger partial charge in [0.1, 0.15) is 6.54 Å². The van der Waals surface area contributed by atoms with E-state index in [1.165, 1.54) is 17.2 Å². The molecule has 0 aliphatic rings. The first-order valence-corrected chi connectivity index (χ1v) is 9.01. The van der Waals surface area contributed by atoms with Crippen molar-refractivity contribution in [3.05, 3.63) is 90.0 Å². The molecule has 3 rings (SSSR count). The molecule has 0 saturated heterocycles. The SMILES string of the molecule is CCON(CC(=O)c1ccc(-c2ccccc2)cc1)c1ccc(C(=O)O)cc1. The lowest BCUT2D eigenvalue weighted by Gasteiger charge is -2.22. The molecule has 0 radical (unpaired) electrons. The van der Waals surface area contributed by atoms with Crippen molar-refractivity contribution in [1.29, 1.82) is 0 Å². The average molecular weight is 375 g/mol. The summed E-state index contributed by atoms with van der Waals surface area (Å²) in [5, 5.41) is 10.5. The lowest BCUT2D eigenvalue weighted by atomic mass is 10.0. The quantitative estimate of drug-likeness (QED) is 0.457. The van der Waals surface area contributed by atoms with Crippen molar-refractivity contribution in [2.75, 3.05) is 18.2 Å². The van der Waals surface area contributed by atoms with E-state index >= 15 is 0 Å². The van der Waals surface area contributed by atoms with Crippen LogP contribution in [0, 0.1) is 0 Å². The first-order valence-electron chi connectivity index (χ1n) is 9.01. The topological polar surface area (TPSA) is 66.8 Å². The van der Waals surface area contributed by atoms with Crippen molar-refractivity contribution in [2.45, 2.75) is 6.92 Å². The van der Waals surface area contributed by atoms with Crippen LogP contribution in [-0.2, 0) is 4.84 Å². The number of carbonyl (C=O) groups is 2. The molecule has 3 aromatic rings. The summed E-state index contributed by atoms with van der Waals surface area (Å²) in [5.74, 6) is -1.08. The van der Waals surface area contributed by atoms with Gasteiger partial charge in [0.15, 0.2) is 5.78 Å². The molecule has 142 valence electrons. The number of rotatable bonds is 8. The van der Waals surface area contributed by atoms with E-state index in [-0.39, 0.29) is 17.9 Å². The number of hydrogen-bond donors (Lipinski definition) is 1. The first-order chi connectivity index (χ1) is 13.6. The van der Waals surface area contributed by atoms with E-state index in [1.807, 2.05) is 61.5 Å². The first kappa shape index (κ1) is 19.3.